The average Bonchev–Trinajstić information content (AvgIpc) is 3.55. The molecule has 0 unspecified atom stereocenters. The smallest absolute Gasteiger partial charge is 0.407 e. The van der Waals surface area contributed by atoms with Gasteiger partial charge in [0.15, 0.2) is 0 Å². The number of nitrogens with zero attached hydrogens (tertiary/aromatic N) is 2. The number of rotatable bonds is 25. The Morgan fingerprint density at radius 2 is 1.47 bits per heavy atom. The number of nitrogens with two attached hydrogens (primary N) is 1. The van der Waals surface area contributed by atoms with Crippen LogP contribution in [0.4, 0.5) is 16.3 Å². The Kier molecular flexibility index (Phi) is 19.6. The molecule has 16 heteroatoms. The summed E-state index contributed by atoms with van der Waals surface area (Å²) in [7, 11) is 0. The van der Waals surface area contributed by atoms with Gasteiger partial charge >= 0.3 is 12.1 Å². The second-order valence-corrected chi connectivity index (χ2v) is 16.1. The van der Waals surface area contributed by atoms with Gasteiger partial charge in [-0.25, -0.2) is 14.6 Å². The second kappa shape index (κ2) is 25.0. The van der Waals surface area contributed by atoms with Crippen molar-refractivity contribution in [2.24, 2.45) is 5.92 Å². The number of hydrogen-bond acceptors (Lipinski definition) is 11. The Morgan fingerprint density at radius 1 is 0.790 bits per heavy atom. The van der Waals surface area contributed by atoms with E-state index in [1.165, 1.54) is 18.9 Å². The number of unbranched alkanes of at least 4 members (excludes halogenated alkanes) is 6. The predicted octanol–water partition coefficient (Wildman–Crippen LogP) is 6.33. The number of carbonyl (C=O) groups excluding carboxylic acids is 7. The molecule has 0 spiro atoms. The number of aryl methyl sites for hydroxylation is 2. The topological polar surface area (TPSA) is 228 Å². The largest absolute Gasteiger partial charge is 0.445 e. The Hall–Kier alpha value is -6.06. The molecule has 6 N–H and O–H groups in total. The fourth-order valence-corrected chi connectivity index (χ4v) is 6.93. The van der Waals surface area contributed by atoms with E-state index in [4.69, 9.17) is 15.3 Å². The summed E-state index contributed by atoms with van der Waals surface area (Å²) >= 11 is 0. The Balaban J connectivity index is 1.08. The van der Waals surface area contributed by atoms with Crippen molar-refractivity contribution in [3.8, 4) is 0 Å². The first-order valence-electron chi connectivity index (χ1n) is 21.9. The number of pyridine rings is 1. The number of carbonyl (C=O) groups is 7. The van der Waals surface area contributed by atoms with Crippen molar-refractivity contribution in [2.45, 2.75) is 143 Å². The van der Waals surface area contributed by atoms with Gasteiger partial charge in [0, 0.05) is 43.3 Å². The van der Waals surface area contributed by atoms with E-state index in [1.54, 1.807) is 38.1 Å². The maximum atomic E-state index is 13.1. The van der Waals surface area contributed by atoms with Crippen molar-refractivity contribution in [1.82, 2.24) is 26.0 Å². The first-order valence-corrected chi connectivity index (χ1v) is 21.9. The van der Waals surface area contributed by atoms with Gasteiger partial charge in [-0.1, -0.05) is 70.7 Å². The first kappa shape index (κ1) is 48.6. The molecule has 4 rings (SSSR count). The number of aromatic nitrogens is 1. The summed E-state index contributed by atoms with van der Waals surface area (Å²) in [5, 5.41) is 12.6. The summed E-state index contributed by atoms with van der Waals surface area (Å²) in [5.74, 6) is -2.75. The molecule has 2 atom stereocenters. The third kappa shape index (κ3) is 15.8. The Bertz CT molecular complexity index is 2010. The average molecular weight is 858 g/mol. The number of fused-ring (bicyclic) bond motifs is 1. The lowest BCUT2D eigenvalue weighted by Crippen LogP contribution is -2.53. The molecule has 1 aliphatic heterocycles. The van der Waals surface area contributed by atoms with Crippen LogP contribution in [0.5, 0.6) is 0 Å². The number of hydroxylamine groups is 2. The molecule has 62 heavy (non-hydrogen) atoms. The van der Waals surface area contributed by atoms with Crippen molar-refractivity contribution < 1.29 is 43.1 Å². The van der Waals surface area contributed by atoms with Crippen molar-refractivity contribution in [3.05, 3.63) is 65.2 Å². The lowest BCUT2D eigenvalue weighted by molar-refractivity contribution is -0.197. The number of nitrogen functional groups attached to an aromatic ring is 1. The van der Waals surface area contributed by atoms with Crippen LogP contribution in [0, 0.1) is 5.92 Å². The van der Waals surface area contributed by atoms with Gasteiger partial charge in [-0.3, -0.25) is 24.0 Å². The van der Waals surface area contributed by atoms with E-state index >= 15 is 0 Å². The van der Waals surface area contributed by atoms with E-state index in [1.807, 2.05) is 12.1 Å². The molecule has 0 saturated carbocycles. The highest BCUT2D eigenvalue weighted by molar-refractivity contribution is 6.01. The van der Waals surface area contributed by atoms with Gasteiger partial charge in [-0.05, 0) is 98.7 Å². The van der Waals surface area contributed by atoms with Crippen molar-refractivity contribution in [1.29, 1.82) is 0 Å². The zero-order valence-electron chi connectivity index (χ0n) is 36.5. The first-order chi connectivity index (χ1) is 29.7. The van der Waals surface area contributed by atoms with Crippen LogP contribution in [0.3, 0.4) is 0 Å². The second-order valence-electron chi connectivity index (χ2n) is 16.1. The molecule has 6 amide bonds. The van der Waals surface area contributed by atoms with Crippen LogP contribution in [0.2, 0.25) is 0 Å². The van der Waals surface area contributed by atoms with Crippen LogP contribution >= 0.6 is 0 Å². The monoisotopic (exact) mass is 857 g/mol. The highest BCUT2D eigenvalue weighted by atomic mass is 16.7. The molecular weight excluding hydrogens is 795 g/mol. The van der Waals surface area contributed by atoms with E-state index < -0.39 is 47.8 Å². The zero-order valence-corrected chi connectivity index (χ0v) is 36.5. The number of imide groups is 1. The molecule has 2 heterocycles. The van der Waals surface area contributed by atoms with Crippen molar-refractivity contribution in [2.75, 3.05) is 17.6 Å². The number of hydrogen-bond donors (Lipinski definition) is 5. The van der Waals surface area contributed by atoms with Gasteiger partial charge in [0.1, 0.15) is 24.5 Å². The summed E-state index contributed by atoms with van der Waals surface area (Å²) in [6, 6.07) is 13.4. The molecule has 2 aromatic carbocycles. The molecule has 0 aliphatic carbocycles. The molecule has 1 aliphatic rings. The summed E-state index contributed by atoms with van der Waals surface area (Å²) in [4.78, 5) is 95.7. The number of amides is 6. The Labute approximate surface area is 363 Å². The Morgan fingerprint density at radius 3 is 2.18 bits per heavy atom. The van der Waals surface area contributed by atoms with Crippen LogP contribution in [0.25, 0.3) is 10.9 Å². The number of benzene rings is 2. The third-order valence-electron chi connectivity index (χ3n) is 10.6. The van der Waals surface area contributed by atoms with E-state index in [0.29, 0.717) is 42.4 Å². The summed E-state index contributed by atoms with van der Waals surface area (Å²) < 4.78 is 5.38. The fraction of sp³-hybridized carbons (Fsp3) is 0.522. The highest BCUT2D eigenvalue weighted by Crippen LogP contribution is 2.25. The lowest BCUT2D eigenvalue weighted by atomic mass is 9.99. The minimum Gasteiger partial charge on any atom is -0.445 e. The molecule has 3 aromatic rings. The number of nitrogens with one attached hydrogen (secondary N) is 4. The van der Waals surface area contributed by atoms with Crippen molar-refractivity contribution in [3.63, 3.8) is 0 Å². The van der Waals surface area contributed by atoms with E-state index in [-0.39, 0.29) is 44.1 Å². The van der Waals surface area contributed by atoms with Crippen LogP contribution < -0.4 is 27.0 Å². The number of alkyl carbamates (subject to hydrolysis) is 1. The maximum Gasteiger partial charge on any atom is 0.407 e. The predicted molar refractivity (Wildman–Crippen MR) is 235 cm³/mol. The van der Waals surface area contributed by atoms with Crippen LogP contribution in [-0.2, 0) is 57.8 Å². The maximum absolute atomic E-state index is 13.1. The number of anilines is 2. The van der Waals surface area contributed by atoms with Crippen molar-refractivity contribution >= 4 is 64.0 Å². The molecule has 0 radical (unpaired) electrons. The van der Waals surface area contributed by atoms with Gasteiger partial charge in [0.2, 0.25) is 17.7 Å². The standard InChI is InChI=1S/C46H63N7O9/c1-5-6-9-16-34-28-36-33(17-14-18-37(36)51-43(34)47)15-10-8-13-27-48-46(60)61-29-32-21-23-35(24-22-32)50-44(58)31(4)49-45(59)42(30(2)3)52-38(54)19-11-7-12-20-41(57)62-53-39(55)25-26-40(53)56/h14,17-18,21-24,28,30-31,42H,5-13,15-16,19-20,25-27,29H2,1-4H3,(H2,47,51)(H,48,60)(H,49,59)(H,50,58)(H,52,54)/t31-,42-/m0/s1. The van der Waals surface area contributed by atoms with E-state index in [9.17, 15) is 33.6 Å². The van der Waals surface area contributed by atoms with Gasteiger partial charge in [0.05, 0.1) is 5.52 Å². The minimum absolute atomic E-state index is 0.0149. The normalized spacial score (nSPS) is 13.5. The van der Waals surface area contributed by atoms with Crippen LogP contribution in [0.15, 0.2) is 48.5 Å². The van der Waals surface area contributed by atoms with E-state index in [2.05, 4.69) is 45.3 Å². The molecule has 1 saturated heterocycles. The van der Waals surface area contributed by atoms with Gasteiger partial charge in [-0.15, -0.1) is 5.06 Å². The zero-order chi connectivity index (χ0) is 45.0. The van der Waals surface area contributed by atoms with Crippen LogP contribution in [-0.4, -0.2) is 70.3 Å². The molecule has 336 valence electrons. The molecule has 0 bridgehead atoms. The van der Waals surface area contributed by atoms with E-state index in [0.717, 1.165) is 67.0 Å². The molecule has 16 nitrogen and oxygen atoms in total. The van der Waals surface area contributed by atoms with Crippen LogP contribution in [0.1, 0.15) is 128 Å². The molecule has 1 aromatic heterocycles. The molecular formula is C46H63N7O9. The van der Waals surface area contributed by atoms with Gasteiger partial charge in [0.25, 0.3) is 11.8 Å². The SMILES string of the molecule is CCCCCc1cc2c(CCCCCNC(=O)OCc3ccc(NC(=O)[C@H](C)NC(=O)[C@@H](NC(=O)CCCCCC(=O)ON4C(=O)CCC4=O)C(C)C)cc3)cccc2nc1N. The van der Waals surface area contributed by atoms with Gasteiger partial charge in [-0.2, -0.15) is 0 Å². The quantitative estimate of drug-likeness (QED) is 0.0467. The fourth-order valence-electron chi connectivity index (χ4n) is 6.93. The minimum atomic E-state index is -0.915. The highest BCUT2D eigenvalue weighted by Gasteiger charge is 2.32. The summed E-state index contributed by atoms with van der Waals surface area (Å²) in [5.41, 5.74) is 10.7. The summed E-state index contributed by atoms with van der Waals surface area (Å²) in [6.07, 6.45) is 8.96. The third-order valence-corrected chi connectivity index (χ3v) is 10.6. The van der Waals surface area contributed by atoms with Gasteiger partial charge < -0.3 is 36.6 Å². The lowest BCUT2D eigenvalue weighted by Gasteiger charge is -2.24. The summed E-state index contributed by atoms with van der Waals surface area (Å²) in [6.45, 7) is 7.83. The molecule has 1 fully saturated rings. The number of ether oxygens (including phenoxy) is 1.